The summed E-state index contributed by atoms with van der Waals surface area (Å²) in [6.45, 7) is 9.99. The van der Waals surface area contributed by atoms with Crippen molar-refractivity contribution in [2.75, 3.05) is 97.6 Å². The van der Waals surface area contributed by atoms with Crippen molar-refractivity contribution in [2.24, 2.45) is 0 Å². The lowest BCUT2D eigenvalue weighted by molar-refractivity contribution is -0.126. The Labute approximate surface area is 382 Å². The van der Waals surface area contributed by atoms with Gasteiger partial charge in [-0.15, -0.1) is 0 Å². The molecule has 4 aromatic rings. The minimum absolute atomic E-state index is 0.0455. The Balaban J connectivity index is 1.00. The minimum Gasteiger partial charge on any atom is -0.465 e. The van der Waals surface area contributed by atoms with Crippen LogP contribution in [0.1, 0.15) is 68.3 Å². The number of methoxy groups -OCH3 is 1. The van der Waals surface area contributed by atoms with E-state index in [-0.39, 0.29) is 42.5 Å². The molecule has 0 spiro atoms. The molecule has 1 aliphatic carbocycles. The molecule has 6 rings (SSSR count). The molecule has 1 aromatic heterocycles. The third-order valence-electron chi connectivity index (χ3n) is 11.1. The monoisotopic (exact) mass is 890 g/mol. The number of carbonyl (C=O) groups excluding carboxylic acids is 3. The summed E-state index contributed by atoms with van der Waals surface area (Å²) in [5.41, 5.74) is 7.26. The maximum atomic E-state index is 13.7. The van der Waals surface area contributed by atoms with Crippen molar-refractivity contribution in [3.63, 3.8) is 0 Å². The van der Waals surface area contributed by atoms with Gasteiger partial charge in [-0.05, 0) is 66.4 Å². The first-order valence-corrected chi connectivity index (χ1v) is 23.5. The second-order valence-corrected chi connectivity index (χ2v) is 17.1. The van der Waals surface area contributed by atoms with Gasteiger partial charge in [0.2, 0.25) is 5.91 Å². The molecule has 1 aliphatic heterocycles. The lowest BCUT2D eigenvalue weighted by Gasteiger charge is -2.26. The van der Waals surface area contributed by atoms with Gasteiger partial charge < -0.3 is 29.0 Å². The molecule has 1 N–H and O–H groups in total. The number of ketones is 1. The van der Waals surface area contributed by atoms with E-state index in [4.69, 9.17) is 28.7 Å². The Morgan fingerprint density at radius 1 is 0.781 bits per heavy atom. The molecule has 3 aromatic carbocycles. The molecule has 1 unspecified atom stereocenters. The van der Waals surface area contributed by atoms with E-state index < -0.39 is 0 Å². The number of nitrogens with one attached hydrogen (secondary N) is 1. The van der Waals surface area contributed by atoms with Crippen LogP contribution in [0.25, 0.3) is 0 Å². The fourth-order valence-corrected chi connectivity index (χ4v) is 8.57. The normalized spacial score (nSPS) is 18.3. The molecule has 64 heavy (non-hydrogen) atoms. The number of thioether (sulfide) groups is 1. The zero-order chi connectivity index (χ0) is 44.8. The average molecular weight is 891 g/mol. The van der Waals surface area contributed by atoms with Gasteiger partial charge in [0.25, 0.3) is 0 Å². The van der Waals surface area contributed by atoms with Gasteiger partial charge in [0.05, 0.1) is 70.7 Å². The fourth-order valence-electron chi connectivity index (χ4n) is 7.70. The van der Waals surface area contributed by atoms with Crippen molar-refractivity contribution in [1.29, 1.82) is 0 Å². The molecule has 0 bridgehead atoms. The Hall–Kier alpha value is -4.91. The minimum atomic E-state index is -0.364. The van der Waals surface area contributed by atoms with E-state index in [9.17, 15) is 14.4 Å². The van der Waals surface area contributed by atoms with Gasteiger partial charge in [-0.1, -0.05) is 66.4 Å². The molecule has 12 nitrogen and oxygen atoms in total. The number of carbonyl (C=O) groups is 3. The van der Waals surface area contributed by atoms with Gasteiger partial charge in [0, 0.05) is 92.9 Å². The van der Waals surface area contributed by atoms with E-state index in [2.05, 4.69) is 27.0 Å². The fraction of sp³-hybridized carbons (Fsp3) is 0.451. The number of fused-ring (bicyclic) bond motifs is 2. The van der Waals surface area contributed by atoms with Gasteiger partial charge in [0.1, 0.15) is 5.78 Å². The molecule has 1 saturated heterocycles. The summed E-state index contributed by atoms with van der Waals surface area (Å²) in [5, 5.41) is 3.02. The number of rotatable bonds is 14. The first kappa shape index (κ1) is 48.5. The SMILES string of the molecule is COC(=O)c1cccc(CN2CCOCCOCCN(Cc3cccc(C)n3)CCO[C@H](CSCCNC(=O)CCC(=O)C3Cc4ccccc4C#Cc4ccccc43)COCC2)c1. The van der Waals surface area contributed by atoms with E-state index in [1.807, 2.05) is 91.9 Å². The Morgan fingerprint density at radius 3 is 2.28 bits per heavy atom. The zero-order valence-corrected chi connectivity index (χ0v) is 38.1. The highest BCUT2D eigenvalue weighted by molar-refractivity contribution is 7.99. The summed E-state index contributed by atoms with van der Waals surface area (Å²) in [6, 6.07) is 29.4. The molecule has 2 atom stereocenters. The molecule has 0 saturated carbocycles. The number of Topliss-reactive ketones (excluding diaryl/α,β-unsaturated/α-hetero) is 1. The molecule has 0 radical (unpaired) electrons. The summed E-state index contributed by atoms with van der Waals surface area (Å²) in [4.78, 5) is 48.2. The number of hydrogen-bond donors (Lipinski definition) is 1. The van der Waals surface area contributed by atoms with E-state index >= 15 is 0 Å². The number of aryl methyl sites for hydroxylation is 1. The van der Waals surface area contributed by atoms with E-state index in [0.29, 0.717) is 109 Å². The van der Waals surface area contributed by atoms with Gasteiger partial charge in [-0.25, -0.2) is 4.79 Å². The van der Waals surface area contributed by atoms with Crippen molar-refractivity contribution >= 4 is 29.4 Å². The highest BCUT2D eigenvalue weighted by Crippen LogP contribution is 2.29. The molecule has 2 heterocycles. The first-order chi connectivity index (χ1) is 31.3. The van der Waals surface area contributed by atoms with Crippen LogP contribution in [0.4, 0.5) is 0 Å². The van der Waals surface area contributed by atoms with Crippen molar-refractivity contribution < 1.29 is 38.1 Å². The van der Waals surface area contributed by atoms with E-state index in [1.165, 1.54) is 7.11 Å². The van der Waals surface area contributed by atoms with Crippen LogP contribution < -0.4 is 5.32 Å². The Bertz CT molecular complexity index is 2180. The zero-order valence-electron chi connectivity index (χ0n) is 37.3. The topological polar surface area (TPSA) is 129 Å². The number of amides is 1. The highest BCUT2D eigenvalue weighted by atomic mass is 32.2. The lowest BCUT2D eigenvalue weighted by atomic mass is 9.82. The Kier molecular flexibility index (Phi) is 20.3. The van der Waals surface area contributed by atoms with Crippen molar-refractivity contribution in [3.05, 3.63) is 136 Å². The lowest BCUT2D eigenvalue weighted by Crippen LogP contribution is -2.35. The predicted molar refractivity (Wildman–Crippen MR) is 249 cm³/mol. The summed E-state index contributed by atoms with van der Waals surface area (Å²) < 4.78 is 29.7. The van der Waals surface area contributed by atoms with Crippen molar-refractivity contribution in [1.82, 2.24) is 20.1 Å². The van der Waals surface area contributed by atoms with Crippen LogP contribution in [-0.2, 0) is 52.8 Å². The molecular weight excluding hydrogens is 829 g/mol. The standard InChI is InChI=1S/C51H62N4O8S/c1-39-9-7-15-45(53-39)36-55-23-27-61-31-30-60-26-22-54(35-40-10-8-14-44(33-40)51(58)59-2)24-28-62-37-46(63-29-25-55)38-64-32-21-52-50(57)20-19-49(56)48-34-43-13-4-3-11-41(43)17-18-42-12-5-6-16-47(42)48/h3-16,33,46,48H,19-32,34-38H2,1-2H3,(H,52,57)/t46-,48?/m0/s1. The smallest absolute Gasteiger partial charge is 0.337 e. The first-order valence-electron chi connectivity index (χ1n) is 22.3. The van der Waals surface area contributed by atoms with Gasteiger partial charge in [-0.3, -0.25) is 24.4 Å². The van der Waals surface area contributed by atoms with Crippen LogP contribution in [0, 0.1) is 18.8 Å². The largest absolute Gasteiger partial charge is 0.465 e. The number of nitrogens with zero attached hydrogens (tertiary/aromatic N) is 3. The average Bonchev–Trinajstić information content (AvgIpc) is 3.30. The van der Waals surface area contributed by atoms with Crippen LogP contribution in [-0.4, -0.2) is 136 Å². The van der Waals surface area contributed by atoms with Crippen LogP contribution in [0.3, 0.4) is 0 Å². The van der Waals surface area contributed by atoms with Crippen LogP contribution in [0.5, 0.6) is 0 Å². The Morgan fingerprint density at radius 2 is 1.48 bits per heavy atom. The molecule has 1 amide bonds. The summed E-state index contributed by atoms with van der Waals surface area (Å²) in [7, 11) is 1.39. The third-order valence-corrected chi connectivity index (χ3v) is 12.2. The number of ether oxygens (including phenoxy) is 5. The van der Waals surface area contributed by atoms with Crippen LogP contribution in [0.2, 0.25) is 0 Å². The number of esters is 1. The molecule has 1 fully saturated rings. The quantitative estimate of drug-likeness (QED) is 0.0925. The van der Waals surface area contributed by atoms with Crippen molar-refractivity contribution in [3.8, 4) is 11.8 Å². The van der Waals surface area contributed by atoms with Crippen molar-refractivity contribution in [2.45, 2.75) is 51.3 Å². The highest BCUT2D eigenvalue weighted by Gasteiger charge is 2.25. The van der Waals surface area contributed by atoms with Crippen LogP contribution >= 0.6 is 11.8 Å². The van der Waals surface area contributed by atoms with Crippen LogP contribution in [0.15, 0.2) is 91.0 Å². The molecule has 340 valence electrons. The molecular formula is C51H62N4O8S. The second-order valence-electron chi connectivity index (χ2n) is 15.9. The molecule has 2 aliphatic rings. The second kappa shape index (κ2) is 26.8. The number of pyridine rings is 1. The maximum absolute atomic E-state index is 13.7. The van der Waals surface area contributed by atoms with Gasteiger partial charge in [0.15, 0.2) is 0 Å². The van der Waals surface area contributed by atoms with Gasteiger partial charge in [-0.2, -0.15) is 11.8 Å². The van der Waals surface area contributed by atoms with E-state index in [1.54, 1.807) is 17.8 Å². The maximum Gasteiger partial charge on any atom is 0.337 e. The number of hydrogen-bond acceptors (Lipinski definition) is 12. The summed E-state index contributed by atoms with van der Waals surface area (Å²) >= 11 is 1.70. The van der Waals surface area contributed by atoms with Gasteiger partial charge >= 0.3 is 5.97 Å². The third kappa shape index (κ3) is 16.3. The number of benzene rings is 3. The predicted octanol–water partition coefficient (Wildman–Crippen LogP) is 5.87. The summed E-state index contributed by atoms with van der Waals surface area (Å²) in [5.74, 6) is 7.09. The number of aromatic nitrogens is 1. The summed E-state index contributed by atoms with van der Waals surface area (Å²) in [6.07, 6.45) is 0.674. The van der Waals surface area contributed by atoms with E-state index in [0.717, 1.165) is 45.7 Å². The molecule has 13 heteroatoms.